The Morgan fingerprint density at radius 2 is 2.10 bits per heavy atom. The van der Waals surface area contributed by atoms with Crippen LogP contribution in [0.25, 0.3) is 0 Å². The van der Waals surface area contributed by atoms with Crippen LogP contribution in [0.3, 0.4) is 0 Å². The number of rotatable bonds is 6. The first-order valence-electron chi connectivity index (χ1n) is 7.23. The Morgan fingerprint density at radius 3 is 2.71 bits per heavy atom. The molecule has 21 heavy (non-hydrogen) atoms. The summed E-state index contributed by atoms with van der Waals surface area (Å²) in [5.41, 5.74) is 9.28. The summed E-state index contributed by atoms with van der Waals surface area (Å²) in [5, 5.41) is 4.52. The van der Waals surface area contributed by atoms with Crippen LogP contribution in [0.15, 0.2) is 24.3 Å². The van der Waals surface area contributed by atoms with E-state index in [2.05, 4.69) is 25.0 Å². The van der Waals surface area contributed by atoms with E-state index in [-0.39, 0.29) is 17.6 Å². The molecule has 1 heterocycles. The Bertz CT molecular complexity index is 610. The molecule has 0 spiro atoms. The standard InChI is InChI=1S/C16H22FN3O/c1-4-12-9-13(20(5-2)19-12)10-15(18)11-6-7-14(17)16(8-11)21-3/h6-9,15H,4-5,10,18H2,1-3H3. The molecule has 114 valence electrons. The van der Waals surface area contributed by atoms with Gasteiger partial charge in [-0.25, -0.2) is 4.39 Å². The van der Waals surface area contributed by atoms with Crippen LogP contribution in [0.4, 0.5) is 4.39 Å². The highest BCUT2D eigenvalue weighted by molar-refractivity contribution is 5.32. The van der Waals surface area contributed by atoms with Crippen molar-refractivity contribution in [3.05, 3.63) is 47.0 Å². The predicted octanol–water partition coefficient (Wildman–Crippen LogP) is 2.86. The second kappa shape index (κ2) is 6.72. The maximum Gasteiger partial charge on any atom is 0.165 e. The van der Waals surface area contributed by atoms with Gasteiger partial charge >= 0.3 is 0 Å². The number of hydrogen-bond acceptors (Lipinski definition) is 3. The summed E-state index contributed by atoms with van der Waals surface area (Å²) in [5.74, 6) is -0.151. The molecule has 0 fully saturated rings. The molecule has 1 aromatic heterocycles. The Hall–Kier alpha value is -1.88. The summed E-state index contributed by atoms with van der Waals surface area (Å²) in [6.07, 6.45) is 1.56. The van der Waals surface area contributed by atoms with E-state index in [1.807, 2.05) is 4.68 Å². The smallest absolute Gasteiger partial charge is 0.165 e. The lowest BCUT2D eigenvalue weighted by atomic mass is 10.0. The molecular formula is C16H22FN3O. The van der Waals surface area contributed by atoms with Gasteiger partial charge in [0.25, 0.3) is 0 Å². The molecule has 1 unspecified atom stereocenters. The van der Waals surface area contributed by atoms with Crippen LogP contribution in [0.1, 0.15) is 36.8 Å². The average molecular weight is 291 g/mol. The maximum absolute atomic E-state index is 13.4. The van der Waals surface area contributed by atoms with Crippen molar-refractivity contribution in [2.75, 3.05) is 7.11 Å². The largest absolute Gasteiger partial charge is 0.494 e. The zero-order chi connectivity index (χ0) is 15.4. The number of aromatic nitrogens is 2. The van der Waals surface area contributed by atoms with E-state index in [0.29, 0.717) is 6.42 Å². The summed E-state index contributed by atoms with van der Waals surface area (Å²) < 4.78 is 20.4. The number of ether oxygens (including phenoxy) is 1. The quantitative estimate of drug-likeness (QED) is 0.890. The van der Waals surface area contributed by atoms with Crippen LogP contribution in [-0.4, -0.2) is 16.9 Å². The molecule has 0 radical (unpaired) electrons. The van der Waals surface area contributed by atoms with Gasteiger partial charge in [0, 0.05) is 24.7 Å². The van der Waals surface area contributed by atoms with Crippen LogP contribution in [0, 0.1) is 5.82 Å². The molecule has 0 saturated carbocycles. The van der Waals surface area contributed by atoms with Gasteiger partial charge in [0.05, 0.1) is 12.8 Å². The summed E-state index contributed by atoms with van der Waals surface area (Å²) in [6, 6.07) is 6.63. The van der Waals surface area contributed by atoms with Gasteiger partial charge in [0.1, 0.15) is 0 Å². The lowest BCUT2D eigenvalue weighted by Gasteiger charge is -2.14. The van der Waals surface area contributed by atoms with Crippen molar-refractivity contribution in [2.45, 2.75) is 39.3 Å². The second-order valence-corrected chi connectivity index (χ2v) is 5.00. The van der Waals surface area contributed by atoms with Crippen molar-refractivity contribution < 1.29 is 9.13 Å². The lowest BCUT2D eigenvalue weighted by molar-refractivity contribution is 0.385. The van der Waals surface area contributed by atoms with E-state index in [4.69, 9.17) is 10.5 Å². The number of nitrogens with zero attached hydrogens (tertiary/aromatic N) is 2. The average Bonchev–Trinajstić information content (AvgIpc) is 2.89. The molecule has 0 amide bonds. The molecule has 0 aliphatic carbocycles. The molecule has 0 saturated heterocycles. The fourth-order valence-electron chi connectivity index (χ4n) is 2.38. The molecule has 0 aliphatic heterocycles. The molecule has 1 atom stereocenters. The summed E-state index contributed by atoms with van der Waals surface area (Å²) in [4.78, 5) is 0. The summed E-state index contributed by atoms with van der Waals surface area (Å²) in [7, 11) is 1.45. The topological polar surface area (TPSA) is 53.1 Å². The van der Waals surface area contributed by atoms with Gasteiger partial charge in [-0.2, -0.15) is 5.10 Å². The van der Waals surface area contributed by atoms with Gasteiger partial charge in [0.2, 0.25) is 0 Å². The van der Waals surface area contributed by atoms with Gasteiger partial charge < -0.3 is 10.5 Å². The maximum atomic E-state index is 13.4. The fourth-order valence-corrected chi connectivity index (χ4v) is 2.38. The Morgan fingerprint density at radius 1 is 1.33 bits per heavy atom. The normalized spacial score (nSPS) is 12.4. The molecule has 2 rings (SSSR count). The Kier molecular flexibility index (Phi) is 4.96. The summed E-state index contributed by atoms with van der Waals surface area (Å²) in [6.45, 7) is 4.95. The first-order chi connectivity index (χ1) is 10.1. The van der Waals surface area contributed by atoms with Gasteiger partial charge in [-0.3, -0.25) is 4.68 Å². The molecule has 2 N–H and O–H groups in total. The van der Waals surface area contributed by atoms with Crippen molar-refractivity contribution in [2.24, 2.45) is 5.73 Å². The lowest BCUT2D eigenvalue weighted by Crippen LogP contribution is -2.16. The summed E-state index contributed by atoms with van der Waals surface area (Å²) >= 11 is 0. The SMILES string of the molecule is CCc1cc(CC(N)c2ccc(F)c(OC)c2)n(CC)n1. The molecule has 1 aromatic carbocycles. The molecule has 2 aromatic rings. The van der Waals surface area contributed by atoms with E-state index >= 15 is 0 Å². The highest BCUT2D eigenvalue weighted by Gasteiger charge is 2.14. The highest BCUT2D eigenvalue weighted by Crippen LogP contribution is 2.24. The number of aryl methyl sites for hydroxylation is 2. The van der Waals surface area contributed by atoms with Crippen molar-refractivity contribution in [3.63, 3.8) is 0 Å². The molecule has 4 nitrogen and oxygen atoms in total. The third-order valence-electron chi connectivity index (χ3n) is 3.61. The van der Waals surface area contributed by atoms with Crippen LogP contribution in [-0.2, 0) is 19.4 Å². The molecular weight excluding hydrogens is 269 g/mol. The third kappa shape index (κ3) is 3.42. The fraction of sp³-hybridized carbons (Fsp3) is 0.438. The number of methoxy groups -OCH3 is 1. The molecule has 5 heteroatoms. The van der Waals surface area contributed by atoms with Crippen LogP contribution in [0.2, 0.25) is 0 Å². The Labute approximate surface area is 124 Å². The Balaban J connectivity index is 2.21. The number of benzene rings is 1. The van der Waals surface area contributed by atoms with Crippen molar-refractivity contribution in [1.29, 1.82) is 0 Å². The first kappa shape index (κ1) is 15.5. The van der Waals surface area contributed by atoms with Crippen LogP contribution < -0.4 is 10.5 Å². The molecule has 0 aliphatic rings. The number of nitrogens with two attached hydrogens (primary N) is 1. The van der Waals surface area contributed by atoms with Crippen LogP contribution >= 0.6 is 0 Å². The zero-order valence-electron chi connectivity index (χ0n) is 12.8. The van der Waals surface area contributed by atoms with E-state index in [0.717, 1.165) is 29.9 Å². The van der Waals surface area contributed by atoms with Crippen molar-refractivity contribution in [3.8, 4) is 5.75 Å². The number of halogens is 1. The van der Waals surface area contributed by atoms with Gasteiger partial charge in [-0.15, -0.1) is 0 Å². The highest BCUT2D eigenvalue weighted by atomic mass is 19.1. The number of hydrogen-bond donors (Lipinski definition) is 1. The minimum atomic E-state index is -0.375. The van der Waals surface area contributed by atoms with E-state index in [1.165, 1.54) is 13.2 Å². The van der Waals surface area contributed by atoms with Crippen molar-refractivity contribution >= 4 is 0 Å². The minimum absolute atomic E-state index is 0.216. The van der Waals surface area contributed by atoms with E-state index in [1.54, 1.807) is 12.1 Å². The van der Waals surface area contributed by atoms with E-state index < -0.39 is 0 Å². The van der Waals surface area contributed by atoms with Crippen LogP contribution in [0.5, 0.6) is 5.75 Å². The first-order valence-corrected chi connectivity index (χ1v) is 7.23. The van der Waals surface area contributed by atoms with Gasteiger partial charge in [-0.05, 0) is 37.1 Å². The second-order valence-electron chi connectivity index (χ2n) is 5.00. The van der Waals surface area contributed by atoms with Gasteiger partial charge in [0.15, 0.2) is 11.6 Å². The van der Waals surface area contributed by atoms with Crippen molar-refractivity contribution in [1.82, 2.24) is 9.78 Å². The third-order valence-corrected chi connectivity index (χ3v) is 3.61. The molecule has 0 bridgehead atoms. The van der Waals surface area contributed by atoms with Gasteiger partial charge in [-0.1, -0.05) is 13.0 Å². The monoisotopic (exact) mass is 291 g/mol. The van der Waals surface area contributed by atoms with E-state index in [9.17, 15) is 4.39 Å². The predicted molar refractivity (Wildman–Crippen MR) is 80.9 cm³/mol. The zero-order valence-corrected chi connectivity index (χ0v) is 12.8. The minimum Gasteiger partial charge on any atom is -0.494 e.